The molecule has 1 amide bonds. The van der Waals surface area contributed by atoms with E-state index >= 15 is 0 Å². The highest BCUT2D eigenvalue weighted by Crippen LogP contribution is 2.50. The van der Waals surface area contributed by atoms with E-state index in [1.165, 1.54) is 25.7 Å². The minimum absolute atomic E-state index is 0.232. The average molecular weight is 287 g/mol. The maximum atomic E-state index is 11.9. The standard InChI is InChI=1S/C17H21NO3/c19-10-15(16(13-6-7-13)14-8-9-14)18-17(20)21-11-12-4-2-1-3-5-12/h1-5,10,13-16H,6-9,11H2,(H,18,20). The number of hydrogen-bond acceptors (Lipinski definition) is 3. The molecule has 2 aliphatic rings. The Kier molecular flexibility index (Phi) is 4.23. The number of ether oxygens (including phenoxy) is 1. The highest BCUT2D eigenvalue weighted by Gasteiger charge is 2.46. The van der Waals surface area contributed by atoms with Crippen molar-refractivity contribution in [1.29, 1.82) is 0 Å². The normalized spacial score (nSPS) is 19.1. The molecule has 2 aliphatic carbocycles. The lowest BCUT2D eigenvalue weighted by atomic mass is 9.90. The van der Waals surface area contributed by atoms with Crippen molar-refractivity contribution < 1.29 is 14.3 Å². The summed E-state index contributed by atoms with van der Waals surface area (Å²) < 4.78 is 5.20. The Labute approximate surface area is 124 Å². The maximum absolute atomic E-state index is 11.9. The predicted octanol–water partition coefficient (Wildman–Crippen LogP) is 2.92. The van der Waals surface area contributed by atoms with Crippen molar-refractivity contribution in [3.63, 3.8) is 0 Å². The van der Waals surface area contributed by atoms with E-state index < -0.39 is 12.1 Å². The van der Waals surface area contributed by atoms with E-state index in [0.717, 1.165) is 11.8 Å². The van der Waals surface area contributed by atoms with Crippen molar-refractivity contribution in [2.45, 2.75) is 38.3 Å². The lowest BCUT2D eigenvalue weighted by Crippen LogP contribution is -2.43. The topological polar surface area (TPSA) is 55.4 Å². The molecule has 0 aromatic heterocycles. The van der Waals surface area contributed by atoms with Gasteiger partial charge in [-0.3, -0.25) is 0 Å². The highest BCUT2D eigenvalue weighted by molar-refractivity contribution is 5.73. The molecule has 21 heavy (non-hydrogen) atoms. The van der Waals surface area contributed by atoms with Gasteiger partial charge in [0.25, 0.3) is 0 Å². The highest BCUT2D eigenvalue weighted by atomic mass is 16.5. The Morgan fingerprint density at radius 1 is 1.19 bits per heavy atom. The molecular formula is C17H21NO3. The van der Waals surface area contributed by atoms with Gasteiger partial charge in [-0.1, -0.05) is 30.3 Å². The molecule has 0 heterocycles. The third kappa shape index (κ3) is 3.84. The van der Waals surface area contributed by atoms with Gasteiger partial charge in [-0.2, -0.15) is 0 Å². The van der Waals surface area contributed by atoms with Gasteiger partial charge in [-0.05, 0) is 49.0 Å². The molecule has 2 fully saturated rings. The first kappa shape index (κ1) is 14.1. The average Bonchev–Trinajstić information content (AvgIpc) is 3.39. The molecule has 1 aromatic carbocycles. The third-order valence-electron chi connectivity index (χ3n) is 4.39. The van der Waals surface area contributed by atoms with Gasteiger partial charge < -0.3 is 14.8 Å². The summed E-state index contributed by atoms with van der Waals surface area (Å²) in [6.45, 7) is 0.232. The van der Waals surface area contributed by atoms with Gasteiger partial charge in [-0.25, -0.2) is 4.79 Å². The number of nitrogens with one attached hydrogen (secondary N) is 1. The van der Waals surface area contributed by atoms with Gasteiger partial charge in [0.2, 0.25) is 0 Å². The molecule has 1 unspecified atom stereocenters. The first-order valence-corrected chi connectivity index (χ1v) is 7.70. The van der Waals surface area contributed by atoms with Crippen molar-refractivity contribution >= 4 is 12.4 Å². The fraction of sp³-hybridized carbons (Fsp3) is 0.529. The van der Waals surface area contributed by atoms with Gasteiger partial charge in [0, 0.05) is 0 Å². The maximum Gasteiger partial charge on any atom is 0.408 e. The minimum Gasteiger partial charge on any atom is -0.445 e. The molecule has 0 spiro atoms. The molecular weight excluding hydrogens is 266 g/mol. The Balaban J connectivity index is 1.51. The third-order valence-corrected chi connectivity index (χ3v) is 4.39. The van der Waals surface area contributed by atoms with Gasteiger partial charge >= 0.3 is 6.09 Å². The molecule has 0 saturated heterocycles. The molecule has 0 aliphatic heterocycles. The zero-order valence-electron chi connectivity index (χ0n) is 12.0. The monoisotopic (exact) mass is 287 g/mol. The molecule has 1 aromatic rings. The second-order valence-corrected chi connectivity index (χ2v) is 6.12. The fourth-order valence-electron chi connectivity index (χ4n) is 3.06. The van der Waals surface area contributed by atoms with Gasteiger partial charge in [0.1, 0.15) is 12.9 Å². The van der Waals surface area contributed by atoms with Crippen molar-refractivity contribution in [2.24, 2.45) is 17.8 Å². The molecule has 4 heteroatoms. The van der Waals surface area contributed by atoms with Gasteiger partial charge in [0.15, 0.2) is 0 Å². The SMILES string of the molecule is O=CC(NC(=O)OCc1ccccc1)C(C1CC1)C1CC1. The van der Waals surface area contributed by atoms with Crippen LogP contribution in [0.5, 0.6) is 0 Å². The van der Waals surface area contributed by atoms with E-state index in [0.29, 0.717) is 17.8 Å². The Morgan fingerprint density at radius 2 is 1.81 bits per heavy atom. The first-order chi connectivity index (χ1) is 10.3. The van der Waals surface area contributed by atoms with Crippen molar-refractivity contribution in [3.8, 4) is 0 Å². The summed E-state index contributed by atoms with van der Waals surface area (Å²) in [5.41, 5.74) is 0.941. The molecule has 4 nitrogen and oxygen atoms in total. The van der Waals surface area contributed by atoms with Crippen LogP contribution in [0.3, 0.4) is 0 Å². The molecule has 1 N–H and O–H groups in total. The lowest BCUT2D eigenvalue weighted by Gasteiger charge is -2.23. The van der Waals surface area contributed by atoms with Crippen LogP contribution in [0.15, 0.2) is 30.3 Å². The summed E-state index contributed by atoms with van der Waals surface area (Å²) in [6, 6.07) is 9.14. The number of amides is 1. The lowest BCUT2D eigenvalue weighted by molar-refractivity contribution is -0.111. The molecule has 2 saturated carbocycles. The van der Waals surface area contributed by atoms with Crippen LogP contribution in [-0.4, -0.2) is 18.4 Å². The van der Waals surface area contributed by atoms with Crippen LogP contribution in [0.1, 0.15) is 31.2 Å². The molecule has 112 valence electrons. The molecule has 3 rings (SSSR count). The van der Waals surface area contributed by atoms with Crippen molar-refractivity contribution in [1.82, 2.24) is 5.32 Å². The number of alkyl carbamates (subject to hydrolysis) is 1. The largest absolute Gasteiger partial charge is 0.445 e. The number of carbonyl (C=O) groups is 2. The quantitative estimate of drug-likeness (QED) is 0.784. The Hall–Kier alpha value is -1.84. The predicted molar refractivity (Wildman–Crippen MR) is 78.6 cm³/mol. The number of carbonyl (C=O) groups excluding carboxylic acids is 2. The molecule has 0 radical (unpaired) electrons. The van der Waals surface area contributed by atoms with Crippen molar-refractivity contribution in [2.75, 3.05) is 0 Å². The van der Waals surface area contributed by atoms with E-state index in [-0.39, 0.29) is 6.61 Å². The minimum atomic E-state index is -0.498. The van der Waals surface area contributed by atoms with Crippen LogP contribution in [0.25, 0.3) is 0 Å². The summed E-state index contributed by atoms with van der Waals surface area (Å²) in [5, 5.41) is 2.75. The molecule has 0 bridgehead atoms. The van der Waals surface area contributed by atoms with E-state index in [9.17, 15) is 9.59 Å². The van der Waals surface area contributed by atoms with Crippen LogP contribution in [0.4, 0.5) is 4.79 Å². The number of rotatable bonds is 7. The van der Waals surface area contributed by atoms with Crippen LogP contribution in [0, 0.1) is 17.8 Å². The van der Waals surface area contributed by atoms with Crippen molar-refractivity contribution in [3.05, 3.63) is 35.9 Å². The first-order valence-electron chi connectivity index (χ1n) is 7.70. The van der Waals surface area contributed by atoms with Crippen LogP contribution in [-0.2, 0) is 16.1 Å². The zero-order valence-corrected chi connectivity index (χ0v) is 12.0. The second kappa shape index (κ2) is 6.29. The van der Waals surface area contributed by atoms with Gasteiger partial charge in [-0.15, -0.1) is 0 Å². The molecule has 1 atom stereocenters. The smallest absolute Gasteiger partial charge is 0.408 e. The van der Waals surface area contributed by atoms with E-state index in [2.05, 4.69) is 5.32 Å². The fourth-order valence-corrected chi connectivity index (χ4v) is 3.06. The summed E-state index contributed by atoms with van der Waals surface area (Å²) >= 11 is 0. The zero-order chi connectivity index (χ0) is 14.7. The Bertz CT molecular complexity index is 482. The van der Waals surface area contributed by atoms with Crippen LogP contribution < -0.4 is 5.32 Å². The van der Waals surface area contributed by atoms with Gasteiger partial charge in [0.05, 0.1) is 6.04 Å². The summed E-state index contributed by atoms with van der Waals surface area (Å²) in [6.07, 6.45) is 5.13. The Morgan fingerprint density at radius 3 is 2.33 bits per heavy atom. The summed E-state index contributed by atoms with van der Waals surface area (Å²) in [7, 11) is 0. The van der Waals surface area contributed by atoms with Crippen LogP contribution in [0.2, 0.25) is 0 Å². The summed E-state index contributed by atoms with van der Waals surface area (Å²) in [5.74, 6) is 1.54. The van der Waals surface area contributed by atoms with E-state index in [1.807, 2.05) is 30.3 Å². The van der Waals surface area contributed by atoms with Crippen LogP contribution >= 0.6 is 0 Å². The number of hydrogen-bond donors (Lipinski definition) is 1. The summed E-state index contributed by atoms with van der Waals surface area (Å²) in [4.78, 5) is 23.2. The van der Waals surface area contributed by atoms with E-state index in [4.69, 9.17) is 4.74 Å². The number of aldehydes is 1. The number of benzene rings is 1. The second-order valence-electron chi connectivity index (χ2n) is 6.12. The van der Waals surface area contributed by atoms with E-state index in [1.54, 1.807) is 0 Å².